The van der Waals surface area contributed by atoms with E-state index in [1.807, 2.05) is 18.2 Å². The molecule has 0 amide bonds. The molecule has 5 nitrogen and oxygen atoms in total. The van der Waals surface area contributed by atoms with Gasteiger partial charge in [-0.25, -0.2) is 13.2 Å². The summed E-state index contributed by atoms with van der Waals surface area (Å²) in [6.07, 6.45) is 1.83. The summed E-state index contributed by atoms with van der Waals surface area (Å²) in [6, 6.07) is 10.3. The Bertz CT molecular complexity index is 1750. The minimum absolute atomic E-state index is 0.00761. The second kappa shape index (κ2) is 7.68. The Hall–Kier alpha value is -3.69. The van der Waals surface area contributed by atoms with Crippen LogP contribution in [0.3, 0.4) is 0 Å². The summed E-state index contributed by atoms with van der Waals surface area (Å²) < 4.78 is 47.6. The van der Waals surface area contributed by atoms with Crippen LogP contribution in [-0.2, 0) is 13.0 Å². The number of hydrogen-bond acceptors (Lipinski definition) is 4. The highest BCUT2D eigenvalue weighted by molar-refractivity contribution is 7.14. The van der Waals surface area contributed by atoms with Crippen molar-refractivity contribution < 1.29 is 13.2 Å². The van der Waals surface area contributed by atoms with E-state index in [0.717, 1.165) is 64.9 Å². The minimum Gasteiger partial charge on any atom is -0.312 e. The van der Waals surface area contributed by atoms with Crippen LogP contribution in [0.1, 0.15) is 11.1 Å². The van der Waals surface area contributed by atoms with E-state index in [9.17, 15) is 18.4 Å². The maximum atomic E-state index is 15.3. The van der Waals surface area contributed by atoms with Gasteiger partial charge in [-0.15, -0.1) is 0 Å². The molecule has 0 unspecified atom stereocenters. The second-order valence-corrected chi connectivity index (χ2v) is 9.06. The molecule has 0 atom stereocenters. The number of nitrogens with one attached hydrogen (secondary N) is 2. The molecule has 0 saturated carbocycles. The fourth-order valence-electron chi connectivity index (χ4n) is 4.62. The predicted octanol–water partition coefficient (Wildman–Crippen LogP) is 4.60. The van der Waals surface area contributed by atoms with Crippen LogP contribution in [0.4, 0.5) is 13.2 Å². The molecule has 0 fully saturated rings. The molecule has 2 N–H and O–H groups in total. The molecule has 0 saturated heterocycles. The zero-order chi connectivity index (χ0) is 23.6. The fraction of sp³-hybridized carbons (Fsp3) is 0.120. The number of pyridine rings is 2. The first-order chi connectivity index (χ1) is 16.4. The molecule has 2 aromatic carbocycles. The van der Waals surface area contributed by atoms with Crippen LogP contribution in [0.2, 0.25) is 0 Å². The molecule has 0 radical (unpaired) electrons. The van der Waals surface area contributed by atoms with Crippen molar-refractivity contribution in [1.29, 1.82) is 0 Å². The summed E-state index contributed by atoms with van der Waals surface area (Å²) >= 11 is 0.890. The van der Waals surface area contributed by atoms with Gasteiger partial charge in [0.1, 0.15) is 22.8 Å². The van der Waals surface area contributed by atoms with Crippen molar-refractivity contribution in [2.75, 3.05) is 6.54 Å². The van der Waals surface area contributed by atoms with Crippen molar-refractivity contribution in [2.45, 2.75) is 13.0 Å². The Kier molecular flexibility index (Phi) is 4.72. The van der Waals surface area contributed by atoms with Gasteiger partial charge in [-0.3, -0.25) is 18.4 Å². The lowest BCUT2D eigenvalue weighted by molar-refractivity contribution is 0.586. The van der Waals surface area contributed by atoms with E-state index in [-0.39, 0.29) is 32.3 Å². The Morgan fingerprint density at radius 3 is 2.59 bits per heavy atom. The van der Waals surface area contributed by atoms with E-state index in [4.69, 9.17) is 0 Å². The number of nitrogens with zero attached hydrogens (tertiary/aromatic N) is 1. The monoisotopic (exact) mass is 479 g/mol. The standard InChI is InChI=1S/C25H16F3N3O2S/c26-15-3-4-16(18(27)8-15)21-20-9-17(13-1-2-14-10-29-6-5-12(14)7-13)19(28)11-31(20)25(33)22-23(21)34-30-24(22)32/h1-4,7-9,11,29H,5-6,10H2,(H,30,32). The Morgan fingerprint density at radius 2 is 1.76 bits per heavy atom. The van der Waals surface area contributed by atoms with E-state index in [1.54, 1.807) is 0 Å². The smallest absolute Gasteiger partial charge is 0.271 e. The summed E-state index contributed by atoms with van der Waals surface area (Å²) in [5.74, 6) is -2.26. The van der Waals surface area contributed by atoms with Gasteiger partial charge in [0.25, 0.3) is 11.1 Å². The molecule has 6 rings (SSSR count). The van der Waals surface area contributed by atoms with Crippen LogP contribution in [0.15, 0.2) is 58.3 Å². The SMILES string of the molecule is O=c1[nH]sc2c(-c3ccc(F)cc3F)c3cc(-c4ccc5c(c4)CCNC5)c(F)cn3c(=O)c12. The number of hydrogen-bond donors (Lipinski definition) is 2. The lowest BCUT2D eigenvalue weighted by atomic mass is 9.94. The molecule has 1 aliphatic rings. The number of benzene rings is 2. The highest BCUT2D eigenvalue weighted by Crippen LogP contribution is 2.37. The van der Waals surface area contributed by atoms with E-state index < -0.39 is 28.6 Å². The van der Waals surface area contributed by atoms with Gasteiger partial charge in [-0.05, 0) is 47.9 Å². The number of aromatic nitrogens is 2. The zero-order valence-corrected chi connectivity index (χ0v) is 18.4. The fourth-order valence-corrected chi connectivity index (χ4v) is 5.51. The number of halogens is 3. The van der Waals surface area contributed by atoms with Crippen LogP contribution in [0, 0.1) is 17.5 Å². The molecule has 9 heteroatoms. The average Bonchev–Trinajstić information content (AvgIpc) is 3.21. The molecule has 3 aromatic heterocycles. The number of fused-ring (bicyclic) bond motifs is 3. The summed E-state index contributed by atoms with van der Waals surface area (Å²) in [6.45, 7) is 1.56. The summed E-state index contributed by atoms with van der Waals surface area (Å²) in [7, 11) is 0. The summed E-state index contributed by atoms with van der Waals surface area (Å²) in [5.41, 5.74) is 2.21. The molecule has 0 bridgehead atoms. The van der Waals surface area contributed by atoms with Crippen LogP contribution < -0.4 is 16.4 Å². The van der Waals surface area contributed by atoms with Crippen molar-refractivity contribution in [2.24, 2.45) is 0 Å². The van der Waals surface area contributed by atoms with Gasteiger partial charge in [-0.2, -0.15) is 0 Å². The third kappa shape index (κ3) is 3.12. The van der Waals surface area contributed by atoms with Crippen molar-refractivity contribution >= 4 is 27.1 Å². The highest BCUT2D eigenvalue weighted by Gasteiger charge is 2.22. The van der Waals surface area contributed by atoms with Crippen LogP contribution in [-0.4, -0.2) is 15.3 Å². The zero-order valence-electron chi connectivity index (χ0n) is 17.5. The normalized spacial score (nSPS) is 13.5. The van der Waals surface area contributed by atoms with E-state index >= 15 is 4.39 Å². The predicted molar refractivity (Wildman–Crippen MR) is 126 cm³/mol. The number of H-pyrrole nitrogens is 1. The van der Waals surface area contributed by atoms with Gasteiger partial charge >= 0.3 is 0 Å². The van der Waals surface area contributed by atoms with Gasteiger partial charge in [0, 0.05) is 35.5 Å². The molecule has 5 aromatic rings. The Balaban J connectivity index is 1.72. The summed E-state index contributed by atoms with van der Waals surface area (Å²) in [5, 5.41) is 3.09. The van der Waals surface area contributed by atoms with Gasteiger partial charge in [0.15, 0.2) is 0 Å². The molecule has 1 aliphatic heterocycles. The van der Waals surface area contributed by atoms with Gasteiger partial charge in [-0.1, -0.05) is 29.7 Å². The third-order valence-corrected chi connectivity index (χ3v) is 7.16. The Labute approximate surface area is 194 Å². The van der Waals surface area contributed by atoms with Crippen molar-refractivity contribution in [1.82, 2.24) is 14.1 Å². The van der Waals surface area contributed by atoms with Crippen LogP contribution in [0.5, 0.6) is 0 Å². The van der Waals surface area contributed by atoms with Crippen molar-refractivity contribution in [3.63, 3.8) is 0 Å². The number of rotatable bonds is 2. The van der Waals surface area contributed by atoms with Crippen molar-refractivity contribution in [3.8, 4) is 22.3 Å². The lowest BCUT2D eigenvalue weighted by Gasteiger charge is -2.18. The van der Waals surface area contributed by atoms with Crippen LogP contribution in [0.25, 0.3) is 37.9 Å². The molecule has 170 valence electrons. The molecular weight excluding hydrogens is 463 g/mol. The molecule has 0 aliphatic carbocycles. The van der Waals surface area contributed by atoms with E-state index in [2.05, 4.69) is 9.69 Å². The van der Waals surface area contributed by atoms with E-state index in [1.165, 1.54) is 12.1 Å². The van der Waals surface area contributed by atoms with Gasteiger partial charge in [0.2, 0.25) is 0 Å². The molecule has 34 heavy (non-hydrogen) atoms. The van der Waals surface area contributed by atoms with Gasteiger partial charge in [0.05, 0.1) is 10.2 Å². The summed E-state index contributed by atoms with van der Waals surface area (Å²) in [4.78, 5) is 25.5. The maximum Gasteiger partial charge on any atom is 0.271 e. The second-order valence-electron chi connectivity index (χ2n) is 8.24. The first-order valence-electron chi connectivity index (χ1n) is 10.6. The lowest BCUT2D eigenvalue weighted by Crippen LogP contribution is -2.23. The third-order valence-electron chi connectivity index (χ3n) is 6.26. The average molecular weight is 479 g/mol. The molecule has 4 heterocycles. The van der Waals surface area contributed by atoms with Gasteiger partial charge < -0.3 is 5.32 Å². The topological polar surface area (TPSA) is 66.4 Å². The van der Waals surface area contributed by atoms with Crippen LogP contribution >= 0.6 is 11.5 Å². The van der Waals surface area contributed by atoms with E-state index in [0.29, 0.717) is 5.56 Å². The first kappa shape index (κ1) is 20.9. The molecular formula is C25H16F3N3O2S. The maximum absolute atomic E-state index is 15.3. The van der Waals surface area contributed by atoms with Crippen molar-refractivity contribution in [3.05, 3.63) is 97.9 Å². The quantitative estimate of drug-likeness (QED) is 0.389. The Morgan fingerprint density at radius 1 is 0.912 bits per heavy atom. The molecule has 0 spiro atoms. The highest BCUT2D eigenvalue weighted by atomic mass is 32.1. The minimum atomic E-state index is -0.852. The largest absolute Gasteiger partial charge is 0.312 e. The number of aromatic amines is 1. The first-order valence-corrected chi connectivity index (χ1v) is 11.4.